The molecule has 3 aliphatic rings. The molecule has 3 heterocycles. The number of hydrogen-bond donors (Lipinski definition) is 0. The zero-order valence-electron chi connectivity index (χ0n) is 19.6. The minimum atomic E-state index is -0.297. The Morgan fingerprint density at radius 2 is 2.00 bits per heavy atom. The molecule has 0 unspecified atom stereocenters. The molecule has 0 spiro atoms. The van der Waals surface area contributed by atoms with Gasteiger partial charge in [0, 0.05) is 23.6 Å². The van der Waals surface area contributed by atoms with Crippen molar-refractivity contribution < 1.29 is 23.8 Å². The molecule has 184 valence electrons. The number of fused-ring (bicyclic) bond motifs is 1. The van der Waals surface area contributed by atoms with E-state index in [0.29, 0.717) is 36.1 Å². The summed E-state index contributed by atoms with van der Waals surface area (Å²) >= 11 is 6.46. The molecule has 1 fully saturated rings. The van der Waals surface area contributed by atoms with Gasteiger partial charge in [-0.3, -0.25) is 14.5 Å². The van der Waals surface area contributed by atoms with Gasteiger partial charge in [0.05, 0.1) is 30.8 Å². The Kier molecular flexibility index (Phi) is 6.92. The van der Waals surface area contributed by atoms with Crippen LogP contribution in [0.2, 0.25) is 5.02 Å². The Morgan fingerprint density at radius 1 is 1.17 bits per heavy atom. The minimum absolute atomic E-state index is 0.126. The third-order valence-corrected chi connectivity index (χ3v) is 6.95. The summed E-state index contributed by atoms with van der Waals surface area (Å²) in [5, 5.41) is 6.90. The summed E-state index contributed by atoms with van der Waals surface area (Å²) in [7, 11) is 0. The Labute approximate surface area is 209 Å². The van der Waals surface area contributed by atoms with Crippen LogP contribution in [0.15, 0.2) is 47.6 Å². The van der Waals surface area contributed by atoms with Crippen molar-refractivity contribution in [2.24, 2.45) is 11.0 Å². The van der Waals surface area contributed by atoms with E-state index in [1.165, 1.54) is 0 Å². The average molecular weight is 498 g/mol. The minimum Gasteiger partial charge on any atom is -0.466 e. The highest BCUT2D eigenvalue weighted by Crippen LogP contribution is 2.40. The third-order valence-electron chi connectivity index (χ3n) is 6.62. The number of esters is 1. The summed E-state index contributed by atoms with van der Waals surface area (Å²) in [4.78, 5) is 27.8. The number of halogens is 1. The van der Waals surface area contributed by atoms with Crippen molar-refractivity contribution in [2.45, 2.75) is 32.2 Å². The second-order valence-electron chi connectivity index (χ2n) is 8.92. The van der Waals surface area contributed by atoms with Gasteiger partial charge in [0.25, 0.3) is 5.91 Å². The van der Waals surface area contributed by atoms with E-state index in [2.05, 4.69) is 0 Å². The predicted molar refractivity (Wildman–Crippen MR) is 131 cm³/mol. The molecular formula is C26H28ClN3O5. The van der Waals surface area contributed by atoms with Gasteiger partial charge in [-0.2, -0.15) is 5.10 Å². The van der Waals surface area contributed by atoms with Crippen molar-refractivity contribution in [3.63, 3.8) is 0 Å². The first-order valence-corrected chi connectivity index (χ1v) is 12.3. The molecule has 9 heteroatoms. The number of carbonyl (C=O) groups excluding carboxylic acids is 2. The van der Waals surface area contributed by atoms with Gasteiger partial charge in [-0.1, -0.05) is 35.9 Å². The summed E-state index contributed by atoms with van der Waals surface area (Å²) in [6.45, 7) is 3.79. The smallest absolute Gasteiger partial charge is 0.310 e. The Hall–Kier alpha value is -3.10. The van der Waals surface area contributed by atoms with E-state index in [-0.39, 0.29) is 37.2 Å². The highest BCUT2D eigenvalue weighted by Gasteiger charge is 2.36. The summed E-state index contributed by atoms with van der Waals surface area (Å²) in [6, 6.07) is 12.9. The van der Waals surface area contributed by atoms with Crippen molar-refractivity contribution in [1.82, 2.24) is 9.91 Å². The van der Waals surface area contributed by atoms with Crippen LogP contribution in [0.5, 0.6) is 11.5 Å². The number of hydrazone groups is 1. The van der Waals surface area contributed by atoms with Crippen molar-refractivity contribution in [1.29, 1.82) is 0 Å². The monoisotopic (exact) mass is 497 g/mol. The van der Waals surface area contributed by atoms with Crippen LogP contribution in [0.3, 0.4) is 0 Å². The molecule has 0 bridgehead atoms. The highest BCUT2D eigenvalue weighted by molar-refractivity contribution is 6.34. The Morgan fingerprint density at radius 3 is 2.83 bits per heavy atom. The molecular weight excluding hydrogens is 470 g/mol. The average Bonchev–Trinajstić information content (AvgIpc) is 3.51. The van der Waals surface area contributed by atoms with Gasteiger partial charge in [-0.15, -0.1) is 0 Å². The van der Waals surface area contributed by atoms with E-state index in [4.69, 9.17) is 30.9 Å². The molecule has 5 rings (SSSR count). The lowest BCUT2D eigenvalue weighted by Crippen LogP contribution is -2.44. The van der Waals surface area contributed by atoms with E-state index in [1.54, 1.807) is 11.9 Å². The second-order valence-corrected chi connectivity index (χ2v) is 9.33. The SMILES string of the molecule is CCOC(=O)[C@@H]1CCCN(CC(=O)N2N=C(c3ccccc3Cl)C[C@H]2c2ccc3c(c2)OCO3)C1. The molecule has 8 nitrogen and oxygen atoms in total. The Balaban J connectivity index is 1.38. The fraction of sp³-hybridized carbons (Fsp3) is 0.423. The van der Waals surface area contributed by atoms with Gasteiger partial charge in [0.1, 0.15) is 0 Å². The molecule has 1 saturated heterocycles. The summed E-state index contributed by atoms with van der Waals surface area (Å²) in [5.74, 6) is 0.828. The molecule has 0 N–H and O–H groups in total. The van der Waals surface area contributed by atoms with Crippen molar-refractivity contribution in [3.8, 4) is 11.5 Å². The molecule has 35 heavy (non-hydrogen) atoms. The van der Waals surface area contributed by atoms with Crippen LogP contribution < -0.4 is 9.47 Å². The number of ether oxygens (including phenoxy) is 3. The lowest BCUT2D eigenvalue weighted by molar-refractivity contribution is -0.150. The molecule has 0 aromatic heterocycles. The number of amides is 1. The number of carbonyl (C=O) groups is 2. The highest BCUT2D eigenvalue weighted by atomic mass is 35.5. The number of likely N-dealkylation sites (tertiary alicyclic amines) is 1. The zero-order valence-corrected chi connectivity index (χ0v) is 20.4. The van der Waals surface area contributed by atoms with Crippen LogP contribution in [0.4, 0.5) is 0 Å². The van der Waals surface area contributed by atoms with Crippen molar-refractivity contribution in [3.05, 3.63) is 58.6 Å². The van der Waals surface area contributed by atoms with Gasteiger partial charge >= 0.3 is 5.97 Å². The first kappa shape index (κ1) is 23.6. The lowest BCUT2D eigenvalue weighted by Gasteiger charge is -2.32. The van der Waals surface area contributed by atoms with E-state index in [9.17, 15) is 9.59 Å². The maximum absolute atomic E-state index is 13.6. The normalized spacial score (nSPS) is 21.7. The van der Waals surface area contributed by atoms with E-state index in [0.717, 1.165) is 36.2 Å². The molecule has 1 amide bonds. The number of piperidine rings is 1. The van der Waals surface area contributed by atoms with Crippen molar-refractivity contribution >= 4 is 29.2 Å². The first-order valence-electron chi connectivity index (χ1n) is 12.0. The van der Waals surface area contributed by atoms with Crippen LogP contribution in [-0.2, 0) is 14.3 Å². The van der Waals surface area contributed by atoms with Crippen molar-refractivity contribution in [2.75, 3.05) is 33.0 Å². The summed E-state index contributed by atoms with van der Waals surface area (Å²) in [5.41, 5.74) is 2.49. The maximum Gasteiger partial charge on any atom is 0.310 e. The summed E-state index contributed by atoms with van der Waals surface area (Å²) in [6.07, 6.45) is 2.15. The van der Waals surface area contributed by atoms with Gasteiger partial charge < -0.3 is 14.2 Å². The van der Waals surface area contributed by atoms with Crippen LogP contribution >= 0.6 is 11.6 Å². The van der Waals surface area contributed by atoms with E-state index < -0.39 is 0 Å². The maximum atomic E-state index is 13.6. The topological polar surface area (TPSA) is 80.7 Å². The van der Waals surface area contributed by atoms with Crippen LogP contribution in [-0.4, -0.2) is 60.5 Å². The van der Waals surface area contributed by atoms with Crippen LogP contribution in [0, 0.1) is 5.92 Å². The fourth-order valence-corrected chi connectivity index (χ4v) is 5.14. The molecule has 3 aliphatic heterocycles. The molecule has 2 aromatic carbocycles. The number of rotatable bonds is 6. The molecule has 0 saturated carbocycles. The van der Waals surface area contributed by atoms with Gasteiger partial charge in [-0.05, 0) is 50.1 Å². The number of benzene rings is 2. The van der Waals surface area contributed by atoms with E-state index in [1.807, 2.05) is 47.4 Å². The predicted octanol–water partition coefficient (Wildman–Crippen LogP) is 4.02. The fourth-order valence-electron chi connectivity index (χ4n) is 4.89. The summed E-state index contributed by atoms with van der Waals surface area (Å²) < 4.78 is 16.2. The molecule has 0 aliphatic carbocycles. The molecule has 2 atom stereocenters. The van der Waals surface area contributed by atoms with E-state index >= 15 is 0 Å². The third kappa shape index (κ3) is 4.99. The quantitative estimate of drug-likeness (QED) is 0.561. The number of hydrogen-bond acceptors (Lipinski definition) is 7. The van der Waals surface area contributed by atoms with Crippen LogP contribution in [0.1, 0.15) is 43.4 Å². The van der Waals surface area contributed by atoms with Gasteiger partial charge in [0.15, 0.2) is 11.5 Å². The molecule has 2 aromatic rings. The molecule has 0 radical (unpaired) electrons. The number of nitrogens with zero attached hydrogens (tertiary/aromatic N) is 3. The zero-order chi connectivity index (χ0) is 24.4. The van der Waals surface area contributed by atoms with Gasteiger partial charge in [0.2, 0.25) is 6.79 Å². The second kappa shape index (κ2) is 10.3. The first-order chi connectivity index (χ1) is 17.0. The Bertz CT molecular complexity index is 1150. The lowest BCUT2D eigenvalue weighted by atomic mass is 9.97. The van der Waals surface area contributed by atoms with Crippen LogP contribution in [0.25, 0.3) is 0 Å². The van der Waals surface area contributed by atoms with Gasteiger partial charge in [-0.25, -0.2) is 5.01 Å². The largest absolute Gasteiger partial charge is 0.466 e. The standard InChI is InChI=1S/C26H28ClN3O5/c1-2-33-26(32)18-6-5-11-29(14-18)15-25(31)30-22(17-9-10-23-24(12-17)35-16-34-23)13-21(28-30)19-7-3-4-8-20(19)27/h3-4,7-10,12,18,22H,2,5-6,11,13-16H2,1H3/t18-,22+/m1/s1.